The van der Waals surface area contributed by atoms with Crippen molar-refractivity contribution in [2.24, 2.45) is 0 Å². The number of carbonyl (C=O) groups excluding carboxylic acids is 3. The lowest BCUT2D eigenvalue weighted by Crippen LogP contribution is -2.34. The van der Waals surface area contributed by atoms with Gasteiger partial charge in [0.05, 0.1) is 19.8 Å². The van der Waals surface area contributed by atoms with Crippen molar-refractivity contribution in [1.29, 1.82) is 0 Å². The number of methoxy groups -OCH3 is 2. The second-order valence-corrected chi connectivity index (χ2v) is 6.01. The fourth-order valence-corrected chi connectivity index (χ4v) is 1.77. The van der Waals surface area contributed by atoms with Gasteiger partial charge in [0.15, 0.2) is 0 Å². The van der Waals surface area contributed by atoms with Crippen LogP contribution in [0.4, 0.5) is 10.5 Å². The van der Waals surface area contributed by atoms with E-state index in [4.69, 9.17) is 10.5 Å². The van der Waals surface area contributed by atoms with E-state index in [0.29, 0.717) is 11.3 Å². The number of nitrogen functional groups attached to an aromatic ring is 1. The first-order valence-corrected chi connectivity index (χ1v) is 7.35. The third kappa shape index (κ3) is 6.17. The number of carbonyl (C=O) groups is 3. The molecule has 1 rings (SSSR count). The van der Waals surface area contributed by atoms with Crippen LogP contribution in [0, 0.1) is 0 Å². The molecule has 0 aliphatic heterocycles. The van der Waals surface area contributed by atoms with Gasteiger partial charge in [0.1, 0.15) is 11.3 Å². The molecule has 8 heteroatoms. The Hall–Kier alpha value is -3.03. The van der Waals surface area contributed by atoms with E-state index in [1.807, 2.05) is 0 Å². The molecule has 0 bridgehead atoms. The molecule has 0 atom stereocenters. The Morgan fingerprint density at radius 3 is 2.28 bits per heavy atom. The molecule has 0 aliphatic carbocycles. The molecule has 1 amide bonds. The zero-order valence-corrected chi connectivity index (χ0v) is 14.8. The molecule has 1 aromatic carbocycles. The summed E-state index contributed by atoms with van der Waals surface area (Å²) in [6.07, 6.45) is 0.462. The summed E-state index contributed by atoms with van der Waals surface area (Å²) in [4.78, 5) is 35.4. The lowest BCUT2D eigenvalue weighted by molar-refractivity contribution is -0.136. The molecule has 0 aromatic heterocycles. The van der Waals surface area contributed by atoms with Crippen molar-refractivity contribution in [3.05, 3.63) is 35.0 Å². The van der Waals surface area contributed by atoms with Crippen molar-refractivity contribution in [1.82, 2.24) is 5.32 Å². The molecular formula is C17H22N2O6. The molecule has 1 aromatic rings. The lowest BCUT2D eigenvalue weighted by Gasteiger charge is -2.20. The van der Waals surface area contributed by atoms with Crippen LogP contribution in [0.25, 0.3) is 6.08 Å². The largest absolute Gasteiger partial charge is 0.465 e. The molecule has 136 valence electrons. The number of alkyl carbamates (subject to hydrolysis) is 1. The molecule has 0 saturated heterocycles. The highest BCUT2D eigenvalue weighted by Gasteiger charge is 2.20. The first-order valence-electron chi connectivity index (χ1n) is 7.35. The van der Waals surface area contributed by atoms with Crippen LogP contribution in [-0.2, 0) is 19.0 Å². The molecule has 0 radical (unpaired) electrons. The minimum Gasteiger partial charge on any atom is -0.465 e. The molecule has 0 aliphatic rings. The number of hydrogen-bond donors (Lipinski definition) is 2. The van der Waals surface area contributed by atoms with E-state index >= 15 is 0 Å². The van der Waals surface area contributed by atoms with Crippen molar-refractivity contribution in [3.8, 4) is 0 Å². The average molecular weight is 350 g/mol. The smallest absolute Gasteiger partial charge is 0.412 e. The molecule has 3 N–H and O–H groups in total. The molecule has 0 fully saturated rings. The van der Waals surface area contributed by atoms with Crippen LogP contribution in [0.5, 0.6) is 0 Å². The second-order valence-electron chi connectivity index (χ2n) is 6.01. The van der Waals surface area contributed by atoms with Crippen molar-refractivity contribution < 1.29 is 28.6 Å². The van der Waals surface area contributed by atoms with Crippen LogP contribution in [0.15, 0.2) is 23.9 Å². The molecule has 0 saturated carbocycles. The zero-order valence-electron chi connectivity index (χ0n) is 14.8. The van der Waals surface area contributed by atoms with Crippen molar-refractivity contribution in [2.45, 2.75) is 26.4 Å². The topological polar surface area (TPSA) is 117 Å². The predicted molar refractivity (Wildman–Crippen MR) is 91.6 cm³/mol. The van der Waals surface area contributed by atoms with E-state index in [1.165, 1.54) is 38.5 Å². The molecule has 8 nitrogen and oxygen atoms in total. The zero-order chi connectivity index (χ0) is 19.2. The first kappa shape index (κ1) is 20.0. The summed E-state index contributed by atoms with van der Waals surface area (Å²) in [6.45, 7) is 5.06. The Labute approximate surface area is 145 Å². The molecule has 25 heavy (non-hydrogen) atoms. The summed E-state index contributed by atoms with van der Waals surface area (Å²) in [5, 5.41) is 2.32. The number of ether oxygens (including phenoxy) is 3. The Morgan fingerprint density at radius 1 is 1.12 bits per heavy atom. The standard InChI is InChI=1S/C17H22N2O6/c1-17(2,3)25-16(22)19-13(15(21)24-5)9-11-8-10(14(20)23-4)6-7-12(11)18/h6-9H,18H2,1-5H3,(H,19,22)/b13-9-. The van der Waals surface area contributed by atoms with E-state index in [2.05, 4.69) is 14.8 Å². The van der Waals surface area contributed by atoms with Crippen LogP contribution < -0.4 is 11.1 Å². The number of hydrogen-bond acceptors (Lipinski definition) is 7. The van der Waals surface area contributed by atoms with Crippen LogP contribution in [0.2, 0.25) is 0 Å². The number of rotatable bonds is 4. The Morgan fingerprint density at radius 2 is 1.76 bits per heavy atom. The highest BCUT2D eigenvalue weighted by atomic mass is 16.6. The maximum atomic E-state index is 11.9. The number of nitrogens with two attached hydrogens (primary N) is 1. The van der Waals surface area contributed by atoms with Gasteiger partial charge in [0, 0.05) is 11.3 Å². The summed E-state index contributed by atoms with van der Waals surface area (Å²) < 4.78 is 14.4. The van der Waals surface area contributed by atoms with Crippen molar-refractivity contribution >= 4 is 29.8 Å². The monoisotopic (exact) mass is 350 g/mol. The summed E-state index contributed by atoms with van der Waals surface area (Å²) in [7, 11) is 2.42. The van der Waals surface area contributed by atoms with Gasteiger partial charge in [0.25, 0.3) is 0 Å². The summed E-state index contributed by atoms with van der Waals surface area (Å²) in [5.74, 6) is -1.36. The average Bonchev–Trinajstić information content (AvgIpc) is 2.52. The molecule has 0 spiro atoms. The second kappa shape index (κ2) is 8.18. The van der Waals surface area contributed by atoms with E-state index in [0.717, 1.165) is 0 Å². The number of esters is 2. The van der Waals surface area contributed by atoms with E-state index < -0.39 is 23.6 Å². The minimum absolute atomic E-state index is 0.189. The van der Waals surface area contributed by atoms with Gasteiger partial charge >= 0.3 is 18.0 Å². The predicted octanol–water partition coefficient (Wildman–Crippen LogP) is 2.09. The minimum atomic E-state index is -0.827. The fourth-order valence-electron chi connectivity index (χ4n) is 1.77. The third-order valence-corrected chi connectivity index (χ3v) is 2.85. The van der Waals surface area contributed by atoms with Gasteiger partial charge in [-0.25, -0.2) is 14.4 Å². The van der Waals surface area contributed by atoms with Gasteiger partial charge in [-0.1, -0.05) is 0 Å². The SMILES string of the molecule is COC(=O)/C(=C/c1cc(C(=O)OC)ccc1N)NC(=O)OC(C)(C)C. The highest BCUT2D eigenvalue weighted by Crippen LogP contribution is 2.18. The van der Waals surface area contributed by atoms with Crippen molar-refractivity contribution in [3.63, 3.8) is 0 Å². The first-order chi connectivity index (χ1) is 11.6. The summed E-state index contributed by atoms with van der Waals surface area (Å²) >= 11 is 0. The number of anilines is 1. The Bertz CT molecular complexity index is 704. The maximum Gasteiger partial charge on any atom is 0.412 e. The third-order valence-electron chi connectivity index (χ3n) is 2.85. The summed E-state index contributed by atoms with van der Waals surface area (Å²) in [5.41, 5.74) is 5.80. The Kier molecular flexibility index (Phi) is 6.55. The normalized spacial score (nSPS) is 11.5. The van der Waals surface area contributed by atoms with Gasteiger partial charge in [0.2, 0.25) is 0 Å². The van der Waals surface area contributed by atoms with Gasteiger partial charge in [-0.05, 0) is 45.0 Å². The van der Waals surface area contributed by atoms with Crippen LogP contribution in [0.1, 0.15) is 36.7 Å². The quantitative estimate of drug-likeness (QED) is 0.369. The van der Waals surface area contributed by atoms with Crippen LogP contribution in [0.3, 0.4) is 0 Å². The van der Waals surface area contributed by atoms with Gasteiger partial charge in [-0.3, -0.25) is 5.32 Å². The number of benzene rings is 1. The molecule has 0 unspecified atom stereocenters. The maximum absolute atomic E-state index is 11.9. The van der Waals surface area contributed by atoms with Crippen LogP contribution >= 0.6 is 0 Å². The van der Waals surface area contributed by atoms with Crippen molar-refractivity contribution in [2.75, 3.05) is 20.0 Å². The Balaban J connectivity index is 3.21. The molecular weight excluding hydrogens is 328 g/mol. The van der Waals surface area contributed by atoms with Gasteiger partial charge in [-0.2, -0.15) is 0 Å². The van der Waals surface area contributed by atoms with Crippen LogP contribution in [-0.4, -0.2) is 37.9 Å². The number of amides is 1. The lowest BCUT2D eigenvalue weighted by atomic mass is 10.1. The van der Waals surface area contributed by atoms with Gasteiger partial charge in [-0.15, -0.1) is 0 Å². The highest BCUT2D eigenvalue weighted by molar-refractivity contribution is 5.98. The molecule has 0 heterocycles. The summed E-state index contributed by atoms with van der Waals surface area (Å²) in [6, 6.07) is 4.40. The number of nitrogens with one attached hydrogen (secondary N) is 1. The van der Waals surface area contributed by atoms with E-state index in [1.54, 1.807) is 20.8 Å². The van der Waals surface area contributed by atoms with E-state index in [9.17, 15) is 14.4 Å². The van der Waals surface area contributed by atoms with E-state index in [-0.39, 0.29) is 11.3 Å². The van der Waals surface area contributed by atoms with Gasteiger partial charge < -0.3 is 19.9 Å². The fraction of sp³-hybridized carbons (Fsp3) is 0.353.